The maximum atomic E-state index is 13.5. The molecule has 0 saturated carbocycles. The lowest BCUT2D eigenvalue weighted by Gasteiger charge is -2.15. The van der Waals surface area contributed by atoms with Crippen molar-refractivity contribution in [3.8, 4) is 0 Å². The van der Waals surface area contributed by atoms with Gasteiger partial charge in [0.1, 0.15) is 23.5 Å². The van der Waals surface area contributed by atoms with Gasteiger partial charge in [0.2, 0.25) is 0 Å². The maximum Gasteiger partial charge on any atom is 0.173 e. The predicted octanol–water partition coefficient (Wildman–Crippen LogP) is 1.80. The van der Waals surface area contributed by atoms with Crippen molar-refractivity contribution in [3.63, 3.8) is 0 Å². The minimum absolute atomic E-state index is 0.293. The first kappa shape index (κ1) is 12.7. The summed E-state index contributed by atoms with van der Waals surface area (Å²) >= 11 is 0. The Morgan fingerprint density at radius 1 is 1.28 bits per heavy atom. The van der Waals surface area contributed by atoms with Crippen molar-refractivity contribution in [2.45, 2.75) is 6.29 Å². The number of hydrogen-bond donors (Lipinski definition) is 1. The molecule has 0 spiro atoms. The van der Waals surface area contributed by atoms with Crippen LogP contribution >= 0.6 is 0 Å². The Hall–Kier alpha value is -1.79. The molecule has 18 heavy (non-hydrogen) atoms. The van der Waals surface area contributed by atoms with Crippen LogP contribution in [-0.2, 0) is 9.47 Å². The second-order valence-corrected chi connectivity index (χ2v) is 3.64. The Morgan fingerprint density at radius 2 is 2.06 bits per heavy atom. The minimum atomic E-state index is -0.386. The summed E-state index contributed by atoms with van der Waals surface area (Å²) in [5.74, 6) is 0.187. The van der Waals surface area contributed by atoms with Gasteiger partial charge in [0.25, 0.3) is 0 Å². The van der Waals surface area contributed by atoms with E-state index in [1.165, 1.54) is 12.4 Å². The Kier molecular flexibility index (Phi) is 4.01. The fourth-order valence-corrected chi connectivity index (χ4v) is 1.64. The summed E-state index contributed by atoms with van der Waals surface area (Å²) in [5, 5.41) is 3.68. The molecule has 5 nitrogen and oxygen atoms in total. The first-order chi connectivity index (χ1) is 8.76. The third-order valence-electron chi connectivity index (χ3n) is 2.58. The van der Waals surface area contributed by atoms with Crippen molar-refractivity contribution in [1.82, 2.24) is 9.97 Å². The van der Waals surface area contributed by atoms with Gasteiger partial charge in [0.05, 0.1) is 6.54 Å². The molecular weight excluding hydrogens is 237 g/mol. The van der Waals surface area contributed by atoms with Crippen LogP contribution in [0.15, 0.2) is 24.5 Å². The van der Waals surface area contributed by atoms with E-state index in [1.54, 1.807) is 26.4 Å². The van der Waals surface area contributed by atoms with Gasteiger partial charge in [-0.2, -0.15) is 0 Å². The van der Waals surface area contributed by atoms with Crippen molar-refractivity contribution < 1.29 is 13.9 Å². The summed E-state index contributed by atoms with van der Waals surface area (Å²) in [6, 6.07) is 4.75. The normalized spacial score (nSPS) is 11.1. The van der Waals surface area contributed by atoms with Gasteiger partial charge in [-0.05, 0) is 12.1 Å². The van der Waals surface area contributed by atoms with Crippen LogP contribution in [0.5, 0.6) is 0 Å². The molecule has 0 aliphatic heterocycles. The standard InChI is InChI=1S/C12H14FN3O2/c1-17-10(18-2)6-14-12-8-4-3-5-9(13)11(8)15-7-16-12/h3-5,7,10H,6H2,1-2H3,(H,14,15,16). The van der Waals surface area contributed by atoms with Crippen LogP contribution in [0.2, 0.25) is 0 Å². The highest BCUT2D eigenvalue weighted by Crippen LogP contribution is 2.21. The number of nitrogens with zero attached hydrogens (tertiary/aromatic N) is 2. The van der Waals surface area contributed by atoms with Crippen LogP contribution in [0.4, 0.5) is 10.2 Å². The number of benzene rings is 1. The molecule has 0 aliphatic carbocycles. The zero-order valence-corrected chi connectivity index (χ0v) is 10.2. The number of anilines is 1. The number of methoxy groups -OCH3 is 2. The second-order valence-electron chi connectivity index (χ2n) is 3.64. The van der Waals surface area contributed by atoms with Crippen LogP contribution in [0.1, 0.15) is 0 Å². The van der Waals surface area contributed by atoms with E-state index in [0.717, 1.165) is 0 Å². The number of para-hydroxylation sites is 1. The lowest BCUT2D eigenvalue weighted by Crippen LogP contribution is -2.24. The van der Waals surface area contributed by atoms with Gasteiger partial charge in [-0.1, -0.05) is 6.07 Å². The highest BCUT2D eigenvalue weighted by atomic mass is 19.1. The lowest BCUT2D eigenvalue weighted by atomic mass is 10.2. The van der Waals surface area contributed by atoms with Gasteiger partial charge in [-0.3, -0.25) is 0 Å². The summed E-state index contributed by atoms with van der Waals surface area (Å²) in [6.07, 6.45) is 0.936. The number of rotatable bonds is 5. The first-order valence-electron chi connectivity index (χ1n) is 5.45. The van der Waals surface area contributed by atoms with Gasteiger partial charge in [-0.15, -0.1) is 0 Å². The van der Waals surface area contributed by atoms with Gasteiger partial charge < -0.3 is 14.8 Å². The van der Waals surface area contributed by atoms with E-state index in [1.807, 2.05) is 0 Å². The maximum absolute atomic E-state index is 13.5. The molecule has 0 fully saturated rings. The van der Waals surface area contributed by atoms with Gasteiger partial charge in [0.15, 0.2) is 6.29 Å². The van der Waals surface area contributed by atoms with Crippen LogP contribution < -0.4 is 5.32 Å². The Bertz CT molecular complexity index is 532. The predicted molar refractivity (Wildman–Crippen MR) is 65.8 cm³/mol. The molecule has 0 unspecified atom stereocenters. The molecule has 0 saturated heterocycles. The van der Waals surface area contributed by atoms with Crippen molar-refractivity contribution >= 4 is 16.7 Å². The molecule has 6 heteroatoms. The van der Waals surface area contributed by atoms with Crippen molar-refractivity contribution in [2.75, 3.05) is 26.1 Å². The van der Waals surface area contributed by atoms with Crippen molar-refractivity contribution in [2.24, 2.45) is 0 Å². The molecule has 0 amide bonds. The fourth-order valence-electron chi connectivity index (χ4n) is 1.64. The van der Waals surface area contributed by atoms with E-state index in [0.29, 0.717) is 23.3 Å². The number of fused-ring (bicyclic) bond motifs is 1. The summed E-state index contributed by atoms with van der Waals surface area (Å²) in [4.78, 5) is 8.01. The largest absolute Gasteiger partial charge is 0.364 e. The third kappa shape index (κ3) is 2.55. The third-order valence-corrected chi connectivity index (χ3v) is 2.58. The summed E-state index contributed by atoms with van der Waals surface area (Å²) < 4.78 is 23.6. The number of ether oxygens (including phenoxy) is 2. The first-order valence-corrected chi connectivity index (χ1v) is 5.45. The van der Waals surface area contributed by atoms with Gasteiger partial charge in [-0.25, -0.2) is 14.4 Å². The summed E-state index contributed by atoms with van der Waals surface area (Å²) in [6.45, 7) is 0.412. The minimum Gasteiger partial charge on any atom is -0.364 e. The monoisotopic (exact) mass is 251 g/mol. The molecule has 2 rings (SSSR count). The molecule has 1 N–H and O–H groups in total. The Balaban J connectivity index is 2.26. The quantitative estimate of drug-likeness (QED) is 0.821. The van der Waals surface area contributed by atoms with E-state index in [4.69, 9.17) is 9.47 Å². The van der Waals surface area contributed by atoms with Crippen LogP contribution in [0, 0.1) is 5.82 Å². The van der Waals surface area contributed by atoms with Crippen LogP contribution in [-0.4, -0.2) is 37.0 Å². The number of nitrogens with one attached hydrogen (secondary N) is 1. The Morgan fingerprint density at radius 3 is 2.78 bits per heavy atom. The van der Waals surface area contributed by atoms with Crippen LogP contribution in [0.25, 0.3) is 10.9 Å². The molecule has 0 aliphatic rings. The zero-order valence-electron chi connectivity index (χ0n) is 10.2. The zero-order chi connectivity index (χ0) is 13.0. The average molecular weight is 251 g/mol. The average Bonchev–Trinajstić information content (AvgIpc) is 2.41. The number of halogens is 1. The molecule has 1 aromatic carbocycles. The second kappa shape index (κ2) is 5.70. The molecule has 1 heterocycles. The summed E-state index contributed by atoms with van der Waals surface area (Å²) in [5.41, 5.74) is 0.293. The van der Waals surface area contributed by atoms with E-state index in [2.05, 4.69) is 15.3 Å². The highest BCUT2D eigenvalue weighted by Gasteiger charge is 2.09. The molecule has 2 aromatic rings. The van der Waals surface area contributed by atoms with E-state index < -0.39 is 0 Å². The topological polar surface area (TPSA) is 56.3 Å². The summed E-state index contributed by atoms with van der Waals surface area (Å²) in [7, 11) is 3.10. The van der Waals surface area contributed by atoms with Crippen molar-refractivity contribution in [1.29, 1.82) is 0 Å². The van der Waals surface area contributed by atoms with Gasteiger partial charge >= 0.3 is 0 Å². The number of hydrogen-bond acceptors (Lipinski definition) is 5. The molecule has 0 radical (unpaired) electrons. The van der Waals surface area contributed by atoms with Crippen LogP contribution in [0.3, 0.4) is 0 Å². The Labute approximate surface area is 104 Å². The highest BCUT2D eigenvalue weighted by molar-refractivity contribution is 5.89. The molecular formula is C12H14FN3O2. The smallest absolute Gasteiger partial charge is 0.173 e. The molecule has 0 bridgehead atoms. The molecule has 96 valence electrons. The SMILES string of the molecule is COC(CNc1ncnc2c(F)cccc12)OC. The molecule has 1 aromatic heterocycles. The fraction of sp³-hybridized carbons (Fsp3) is 0.333. The van der Waals surface area contributed by atoms with Crippen molar-refractivity contribution in [3.05, 3.63) is 30.3 Å². The van der Waals surface area contributed by atoms with E-state index in [9.17, 15) is 4.39 Å². The van der Waals surface area contributed by atoms with E-state index >= 15 is 0 Å². The lowest BCUT2D eigenvalue weighted by molar-refractivity contribution is -0.0914. The van der Waals surface area contributed by atoms with Gasteiger partial charge in [0, 0.05) is 19.6 Å². The van der Waals surface area contributed by atoms with E-state index in [-0.39, 0.29) is 12.1 Å². The number of aromatic nitrogens is 2. The molecule has 0 atom stereocenters.